The van der Waals surface area contributed by atoms with E-state index in [2.05, 4.69) is 161 Å². The first-order chi connectivity index (χ1) is 24.2. The molecule has 9 rings (SSSR count). The molecule has 49 heavy (non-hydrogen) atoms. The van der Waals surface area contributed by atoms with Crippen molar-refractivity contribution in [2.75, 3.05) is 0 Å². The number of fused-ring (bicyclic) bond motifs is 5. The standard InChI is InChI=1S/C46H27N3/c1-48-33-26-32(29-47)44(31-16-13-17-34(27-31)49-42-24-11-9-18-35(42)36-19-10-12-25-43(36)49)41(28-33)46-39-22-7-5-20-37(39)45(30-14-3-2-4-15-30)38-21-6-8-23-40(38)46/h2-28H. The quantitative estimate of drug-likeness (QED) is 0.142. The lowest BCUT2D eigenvalue weighted by Crippen LogP contribution is -1.97. The van der Waals surface area contributed by atoms with Gasteiger partial charge < -0.3 is 4.57 Å². The van der Waals surface area contributed by atoms with Crippen molar-refractivity contribution in [3.63, 3.8) is 0 Å². The maximum Gasteiger partial charge on any atom is 0.189 e. The van der Waals surface area contributed by atoms with Gasteiger partial charge in [0, 0.05) is 22.0 Å². The van der Waals surface area contributed by atoms with Crippen LogP contribution in [0, 0.1) is 17.9 Å². The molecule has 0 unspecified atom stereocenters. The molecular weight excluding hydrogens is 595 g/mol. The largest absolute Gasteiger partial charge is 0.309 e. The molecule has 0 bridgehead atoms. The Morgan fingerprint density at radius 1 is 0.469 bits per heavy atom. The number of rotatable bonds is 4. The van der Waals surface area contributed by atoms with Crippen molar-refractivity contribution in [2.24, 2.45) is 0 Å². The minimum Gasteiger partial charge on any atom is -0.309 e. The molecule has 0 saturated carbocycles. The summed E-state index contributed by atoms with van der Waals surface area (Å²) in [5, 5.41) is 17.5. The predicted octanol–water partition coefficient (Wildman–Crippen LogP) is 12.5. The average Bonchev–Trinajstić information content (AvgIpc) is 3.51. The number of hydrogen-bond acceptors (Lipinski definition) is 1. The van der Waals surface area contributed by atoms with Crippen LogP contribution in [0.4, 0.5) is 5.69 Å². The van der Waals surface area contributed by atoms with Crippen LogP contribution >= 0.6 is 0 Å². The van der Waals surface area contributed by atoms with E-state index in [1.807, 2.05) is 12.1 Å². The molecular formula is C46H27N3. The molecule has 0 saturated heterocycles. The zero-order valence-electron chi connectivity index (χ0n) is 26.4. The van der Waals surface area contributed by atoms with Crippen molar-refractivity contribution in [1.82, 2.24) is 4.57 Å². The molecule has 0 spiro atoms. The van der Waals surface area contributed by atoms with E-state index in [4.69, 9.17) is 6.57 Å². The topological polar surface area (TPSA) is 33.1 Å². The zero-order chi connectivity index (χ0) is 32.9. The fourth-order valence-corrected chi connectivity index (χ4v) is 7.62. The van der Waals surface area contributed by atoms with E-state index in [0.717, 1.165) is 66.1 Å². The first kappa shape index (κ1) is 28.3. The van der Waals surface area contributed by atoms with Crippen LogP contribution in [0.2, 0.25) is 0 Å². The van der Waals surface area contributed by atoms with Crippen LogP contribution in [-0.4, -0.2) is 4.57 Å². The van der Waals surface area contributed by atoms with Crippen molar-refractivity contribution < 1.29 is 0 Å². The molecule has 0 atom stereocenters. The molecule has 3 heteroatoms. The smallest absolute Gasteiger partial charge is 0.189 e. The summed E-state index contributed by atoms with van der Waals surface area (Å²) in [6.07, 6.45) is 0. The van der Waals surface area contributed by atoms with E-state index in [0.29, 0.717) is 11.3 Å². The highest BCUT2D eigenvalue weighted by atomic mass is 15.0. The Morgan fingerprint density at radius 3 is 1.55 bits per heavy atom. The molecule has 0 fully saturated rings. The molecule has 1 aromatic heterocycles. The van der Waals surface area contributed by atoms with E-state index >= 15 is 0 Å². The van der Waals surface area contributed by atoms with E-state index in [-0.39, 0.29) is 0 Å². The summed E-state index contributed by atoms with van der Waals surface area (Å²) in [5.74, 6) is 0. The number of nitriles is 1. The molecule has 0 aliphatic rings. The second-order valence-corrected chi connectivity index (χ2v) is 12.3. The van der Waals surface area contributed by atoms with Crippen LogP contribution in [0.15, 0.2) is 164 Å². The van der Waals surface area contributed by atoms with Gasteiger partial charge in [-0.05, 0) is 85.8 Å². The van der Waals surface area contributed by atoms with Crippen molar-refractivity contribution in [2.45, 2.75) is 0 Å². The van der Waals surface area contributed by atoms with Crippen LogP contribution in [0.1, 0.15) is 5.56 Å². The summed E-state index contributed by atoms with van der Waals surface area (Å²) in [5.41, 5.74) is 10.1. The molecule has 9 aromatic rings. The Bertz CT molecular complexity index is 2740. The lowest BCUT2D eigenvalue weighted by molar-refractivity contribution is 1.18. The first-order valence-corrected chi connectivity index (χ1v) is 16.3. The van der Waals surface area contributed by atoms with Gasteiger partial charge in [-0.25, -0.2) is 4.85 Å². The summed E-state index contributed by atoms with van der Waals surface area (Å²) in [6.45, 7) is 8.02. The normalized spacial score (nSPS) is 11.2. The molecule has 0 aliphatic heterocycles. The summed E-state index contributed by atoms with van der Waals surface area (Å²) in [4.78, 5) is 3.85. The van der Waals surface area contributed by atoms with Crippen molar-refractivity contribution in [3.05, 3.63) is 181 Å². The molecule has 1 heterocycles. The number of aromatic nitrogens is 1. The molecule has 0 radical (unpaired) electrons. The maximum atomic E-state index is 10.7. The van der Waals surface area contributed by atoms with E-state index < -0.39 is 0 Å². The third-order valence-corrected chi connectivity index (χ3v) is 9.61. The van der Waals surface area contributed by atoms with Crippen LogP contribution < -0.4 is 0 Å². The third kappa shape index (κ3) is 4.42. The van der Waals surface area contributed by atoms with Gasteiger partial charge in [0.1, 0.15) is 0 Å². The maximum absolute atomic E-state index is 10.7. The fraction of sp³-hybridized carbons (Fsp3) is 0. The molecule has 0 aliphatic carbocycles. The SMILES string of the molecule is [C-]#[N+]c1cc(C#N)c(-c2cccc(-n3c4ccccc4c4ccccc43)c2)c(-c2c3ccccc3c(-c3ccccc3)c3ccccc23)c1. The van der Waals surface area contributed by atoms with Gasteiger partial charge in [-0.3, -0.25) is 0 Å². The summed E-state index contributed by atoms with van der Waals surface area (Å²) < 4.78 is 2.30. The van der Waals surface area contributed by atoms with Crippen LogP contribution in [0.25, 0.3) is 87.3 Å². The monoisotopic (exact) mass is 621 g/mol. The van der Waals surface area contributed by atoms with E-state index in [1.165, 1.54) is 16.3 Å². The predicted molar refractivity (Wildman–Crippen MR) is 203 cm³/mol. The zero-order valence-corrected chi connectivity index (χ0v) is 26.4. The van der Waals surface area contributed by atoms with Crippen LogP contribution in [0.5, 0.6) is 0 Å². The van der Waals surface area contributed by atoms with Gasteiger partial charge in [0.25, 0.3) is 0 Å². The molecule has 0 N–H and O–H groups in total. The average molecular weight is 622 g/mol. The lowest BCUT2D eigenvalue weighted by atomic mass is 9.82. The Morgan fingerprint density at radius 2 is 0.980 bits per heavy atom. The van der Waals surface area contributed by atoms with Gasteiger partial charge in [-0.2, -0.15) is 5.26 Å². The lowest BCUT2D eigenvalue weighted by Gasteiger charge is -2.21. The van der Waals surface area contributed by atoms with E-state index in [1.54, 1.807) is 6.07 Å². The highest BCUT2D eigenvalue weighted by Gasteiger charge is 2.22. The Hall–Kier alpha value is -6.94. The minimum absolute atomic E-state index is 0.439. The van der Waals surface area contributed by atoms with Gasteiger partial charge in [-0.1, -0.05) is 127 Å². The van der Waals surface area contributed by atoms with Crippen LogP contribution in [0.3, 0.4) is 0 Å². The van der Waals surface area contributed by atoms with Crippen LogP contribution in [-0.2, 0) is 0 Å². The van der Waals surface area contributed by atoms with Gasteiger partial charge in [0.15, 0.2) is 5.69 Å². The number of nitrogens with zero attached hydrogens (tertiary/aromatic N) is 3. The summed E-state index contributed by atoms with van der Waals surface area (Å²) in [7, 11) is 0. The van der Waals surface area contributed by atoms with Gasteiger partial charge in [0.05, 0.1) is 29.2 Å². The van der Waals surface area contributed by atoms with Gasteiger partial charge in [0.2, 0.25) is 0 Å². The van der Waals surface area contributed by atoms with Crippen molar-refractivity contribution >= 4 is 49.0 Å². The Labute approximate surface area is 284 Å². The third-order valence-electron chi connectivity index (χ3n) is 9.61. The fourth-order valence-electron chi connectivity index (χ4n) is 7.62. The molecule has 3 nitrogen and oxygen atoms in total. The second-order valence-electron chi connectivity index (χ2n) is 12.3. The number of para-hydroxylation sites is 2. The Balaban J connectivity index is 1.38. The van der Waals surface area contributed by atoms with E-state index in [9.17, 15) is 5.26 Å². The molecule has 226 valence electrons. The number of hydrogen-bond donors (Lipinski definition) is 0. The molecule has 0 amide bonds. The number of benzene rings is 8. The first-order valence-electron chi connectivity index (χ1n) is 16.3. The van der Waals surface area contributed by atoms with Crippen molar-refractivity contribution in [1.29, 1.82) is 5.26 Å². The highest BCUT2D eigenvalue weighted by molar-refractivity contribution is 6.22. The summed E-state index contributed by atoms with van der Waals surface area (Å²) >= 11 is 0. The summed E-state index contributed by atoms with van der Waals surface area (Å²) in [6, 6.07) is 59.1. The van der Waals surface area contributed by atoms with Gasteiger partial charge >= 0.3 is 0 Å². The van der Waals surface area contributed by atoms with Gasteiger partial charge in [-0.15, -0.1) is 0 Å². The second kappa shape index (κ2) is 11.4. The highest BCUT2D eigenvalue weighted by Crippen LogP contribution is 2.48. The molecule has 8 aromatic carbocycles. The van der Waals surface area contributed by atoms with Crippen molar-refractivity contribution in [3.8, 4) is 45.1 Å². The minimum atomic E-state index is 0.439. The Kier molecular flexibility index (Phi) is 6.58.